The normalized spacial score (nSPS) is 12.8. The molecule has 1 aromatic heterocycles. The summed E-state index contributed by atoms with van der Waals surface area (Å²) in [6, 6.07) is 7.59. The zero-order valence-corrected chi connectivity index (χ0v) is 12.0. The Bertz CT molecular complexity index is 569. The molecule has 1 unspecified atom stereocenters. The van der Waals surface area contributed by atoms with E-state index in [1.807, 2.05) is 24.3 Å². The Balaban J connectivity index is 2.11. The van der Waals surface area contributed by atoms with Gasteiger partial charge in [0.15, 0.2) is 11.6 Å². The third-order valence-corrected chi connectivity index (χ3v) is 3.67. The van der Waals surface area contributed by atoms with Gasteiger partial charge in [-0.1, -0.05) is 38.8 Å². The molecular formula is C15H22N4O. The van der Waals surface area contributed by atoms with Crippen LogP contribution in [0.1, 0.15) is 26.7 Å². The van der Waals surface area contributed by atoms with Gasteiger partial charge in [0, 0.05) is 6.54 Å². The molecule has 20 heavy (non-hydrogen) atoms. The van der Waals surface area contributed by atoms with Gasteiger partial charge >= 0.3 is 0 Å². The first-order chi connectivity index (χ1) is 9.65. The average molecular weight is 274 g/mol. The molecule has 2 aromatic rings. The van der Waals surface area contributed by atoms with Gasteiger partial charge in [-0.3, -0.25) is 0 Å². The predicted molar refractivity (Wildman–Crippen MR) is 82.5 cm³/mol. The Morgan fingerprint density at radius 3 is 2.35 bits per heavy atom. The molecule has 0 spiro atoms. The van der Waals surface area contributed by atoms with Gasteiger partial charge in [0.25, 0.3) is 0 Å². The van der Waals surface area contributed by atoms with Crippen LogP contribution in [0.4, 0.5) is 11.6 Å². The number of rotatable bonds is 6. The molecule has 5 heteroatoms. The van der Waals surface area contributed by atoms with Gasteiger partial charge in [0.2, 0.25) is 0 Å². The number of hydrogen-bond donors (Lipinski definition) is 3. The van der Waals surface area contributed by atoms with Crippen LogP contribution in [0.2, 0.25) is 0 Å². The highest BCUT2D eigenvalue weighted by atomic mass is 16.3. The second-order valence-electron chi connectivity index (χ2n) is 4.97. The molecule has 0 saturated carbocycles. The van der Waals surface area contributed by atoms with Crippen LogP contribution in [0, 0.1) is 5.92 Å². The first-order valence-corrected chi connectivity index (χ1v) is 7.09. The number of nitrogen functional groups attached to an aromatic ring is 1. The fraction of sp³-hybridized carbons (Fsp3) is 0.467. The minimum atomic E-state index is -0.405. The van der Waals surface area contributed by atoms with Crippen LogP contribution in [0.25, 0.3) is 11.0 Å². The summed E-state index contributed by atoms with van der Waals surface area (Å²) in [7, 11) is 0. The Morgan fingerprint density at radius 2 is 1.75 bits per heavy atom. The van der Waals surface area contributed by atoms with Crippen molar-refractivity contribution in [3.63, 3.8) is 0 Å². The molecule has 0 fully saturated rings. The van der Waals surface area contributed by atoms with E-state index in [4.69, 9.17) is 5.73 Å². The monoisotopic (exact) mass is 274 g/mol. The predicted octanol–water partition coefficient (Wildman–Crippen LogP) is 2.42. The molecule has 0 amide bonds. The molecule has 1 aromatic carbocycles. The van der Waals surface area contributed by atoms with Crippen molar-refractivity contribution in [3.05, 3.63) is 24.3 Å². The molecule has 0 bridgehead atoms. The number of benzene rings is 1. The summed E-state index contributed by atoms with van der Waals surface area (Å²) in [6.07, 6.45) is 1.51. The lowest BCUT2D eigenvalue weighted by atomic mass is 9.97. The minimum absolute atomic E-state index is 0.289. The van der Waals surface area contributed by atoms with E-state index in [-0.39, 0.29) is 5.92 Å². The molecule has 0 saturated heterocycles. The Morgan fingerprint density at radius 1 is 1.15 bits per heavy atom. The smallest absolute Gasteiger partial charge is 0.169 e. The van der Waals surface area contributed by atoms with Crippen molar-refractivity contribution in [1.82, 2.24) is 9.97 Å². The molecule has 1 heterocycles. The van der Waals surface area contributed by atoms with Gasteiger partial charge in [-0.05, 0) is 18.1 Å². The molecule has 1 atom stereocenters. The van der Waals surface area contributed by atoms with Crippen molar-refractivity contribution in [1.29, 1.82) is 0 Å². The van der Waals surface area contributed by atoms with Gasteiger partial charge in [-0.15, -0.1) is 0 Å². The average Bonchev–Trinajstić information content (AvgIpc) is 2.46. The summed E-state index contributed by atoms with van der Waals surface area (Å²) in [6.45, 7) is 4.60. The lowest BCUT2D eigenvalue weighted by molar-refractivity contribution is 0.114. The quantitative estimate of drug-likeness (QED) is 0.753. The minimum Gasteiger partial charge on any atom is -0.391 e. The van der Waals surface area contributed by atoms with Crippen molar-refractivity contribution in [3.8, 4) is 0 Å². The zero-order chi connectivity index (χ0) is 14.5. The Labute approximate surface area is 119 Å². The number of fused-ring (bicyclic) bond motifs is 1. The largest absolute Gasteiger partial charge is 0.391 e. The van der Waals surface area contributed by atoms with Crippen LogP contribution in [0.5, 0.6) is 0 Å². The lowest BCUT2D eigenvalue weighted by Gasteiger charge is -2.20. The van der Waals surface area contributed by atoms with Crippen molar-refractivity contribution in [2.45, 2.75) is 32.8 Å². The highest BCUT2D eigenvalue weighted by Crippen LogP contribution is 2.19. The van der Waals surface area contributed by atoms with E-state index in [9.17, 15) is 5.11 Å². The summed E-state index contributed by atoms with van der Waals surface area (Å²) < 4.78 is 0. The number of nitrogens with one attached hydrogen (secondary N) is 1. The van der Waals surface area contributed by atoms with E-state index < -0.39 is 6.10 Å². The third kappa shape index (κ3) is 3.17. The van der Waals surface area contributed by atoms with Gasteiger partial charge in [0.05, 0.1) is 17.1 Å². The maximum Gasteiger partial charge on any atom is 0.169 e. The SMILES string of the molecule is CCC(CC)C(O)CNc1nc2ccccc2nc1N. The van der Waals surface area contributed by atoms with E-state index >= 15 is 0 Å². The van der Waals surface area contributed by atoms with E-state index in [0.717, 1.165) is 23.9 Å². The van der Waals surface area contributed by atoms with Crippen molar-refractivity contribution in [2.24, 2.45) is 5.92 Å². The highest BCUT2D eigenvalue weighted by molar-refractivity contribution is 5.79. The molecule has 2 rings (SSSR count). The number of hydrogen-bond acceptors (Lipinski definition) is 5. The summed E-state index contributed by atoms with van der Waals surface area (Å²) in [4.78, 5) is 8.76. The Kier molecular flexibility index (Phi) is 4.74. The second kappa shape index (κ2) is 6.52. The number of para-hydroxylation sites is 2. The highest BCUT2D eigenvalue weighted by Gasteiger charge is 2.16. The van der Waals surface area contributed by atoms with Crippen molar-refractivity contribution < 1.29 is 5.11 Å². The van der Waals surface area contributed by atoms with E-state index in [1.54, 1.807) is 0 Å². The van der Waals surface area contributed by atoms with Gasteiger partial charge in [-0.25, -0.2) is 9.97 Å². The van der Waals surface area contributed by atoms with E-state index in [0.29, 0.717) is 18.2 Å². The third-order valence-electron chi connectivity index (χ3n) is 3.67. The van der Waals surface area contributed by atoms with Crippen molar-refractivity contribution >= 4 is 22.7 Å². The number of aliphatic hydroxyl groups is 1. The van der Waals surface area contributed by atoms with Gasteiger partial charge in [-0.2, -0.15) is 0 Å². The van der Waals surface area contributed by atoms with Crippen LogP contribution in [0.3, 0.4) is 0 Å². The zero-order valence-electron chi connectivity index (χ0n) is 12.0. The van der Waals surface area contributed by atoms with Crippen LogP contribution >= 0.6 is 0 Å². The summed E-state index contributed by atoms with van der Waals surface area (Å²) >= 11 is 0. The number of nitrogens with two attached hydrogens (primary N) is 1. The number of aromatic nitrogens is 2. The first kappa shape index (κ1) is 14.5. The van der Waals surface area contributed by atoms with Crippen LogP contribution in [-0.4, -0.2) is 27.7 Å². The molecule has 0 aliphatic rings. The molecular weight excluding hydrogens is 252 g/mol. The maximum absolute atomic E-state index is 10.1. The molecule has 0 aliphatic carbocycles. The summed E-state index contributed by atoms with van der Waals surface area (Å²) in [5.74, 6) is 1.19. The summed E-state index contributed by atoms with van der Waals surface area (Å²) in [5, 5.41) is 13.2. The van der Waals surface area contributed by atoms with Gasteiger partial charge in [0.1, 0.15) is 0 Å². The lowest BCUT2D eigenvalue weighted by Crippen LogP contribution is -2.28. The van der Waals surface area contributed by atoms with E-state index in [2.05, 4.69) is 29.1 Å². The van der Waals surface area contributed by atoms with Gasteiger partial charge < -0.3 is 16.2 Å². The van der Waals surface area contributed by atoms with E-state index in [1.165, 1.54) is 0 Å². The Hall–Kier alpha value is -1.88. The van der Waals surface area contributed by atoms with Crippen LogP contribution in [0.15, 0.2) is 24.3 Å². The topological polar surface area (TPSA) is 84.1 Å². The maximum atomic E-state index is 10.1. The fourth-order valence-electron chi connectivity index (χ4n) is 2.34. The molecule has 4 N–H and O–H groups in total. The first-order valence-electron chi connectivity index (χ1n) is 7.09. The van der Waals surface area contributed by atoms with Crippen LogP contribution in [-0.2, 0) is 0 Å². The molecule has 5 nitrogen and oxygen atoms in total. The number of nitrogens with zero attached hydrogens (tertiary/aromatic N) is 2. The summed E-state index contributed by atoms with van der Waals surface area (Å²) in [5.41, 5.74) is 7.46. The second-order valence-corrected chi connectivity index (χ2v) is 4.97. The van der Waals surface area contributed by atoms with Crippen molar-refractivity contribution in [2.75, 3.05) is 17.6 Å². The molecule has 0 radical (unpaired) electrons. The number of anilines is 2. The fourth-order valence-corrected chi connectivity index (χ4v) is 2.34. The standard InChI is InChI=1S/C15H22N4O/c1-3-10(4-2)13(20)9-17-15-14(16)18-11-7-5-6-8-12(11)19-15/h5-8,10,13,20H,3-4,9H2,1-2H3,(H2,16,18)(H,17,19). The molecule has 0 aliphatic heterocycles. The molecule has 108 valence electrons. The van der Waals surface area contributed by atoms with Crippen LogP contribution < -0.4 is 11.1 Å². The number of aliphatic hydroxyl groups excluding tert-OH is 1.